The lowest BCUT2D eigenvalue weighted by molar-refractivity contribution is 0.0433. The molecule has 0 aliphatic carbocycles. The number of aliphatic hydroxyl groups excluding tert-OH is 1. The molecule has 90 valence electrons. The summed E-state index contributed by atoms with van der Waals surface area (Å²) in [6, 6.07) is 2.93. The molecule has 4 heteroatoms. The number of likely N-dealkylation sites (tertiary alicyclic amines) is 1. The maximum Gasteiger partial charge on any atom is 0.0587 e. The molecule has 0 bridgehead atoms. The van der Waals surface area contributed by atoms with Crippen molar-refractivity contribution in [3.05, 3.63) is 18.0 Å². The van der Waals surface area contributed by atoms with Gasteiger partial charge in [0.25, 0.3) is 0 Å². The van der Waals surface area contributed by atoms with Gasteiger partial charge in [0.2, 0.25) is 0 Å². The highest BCUT2D eigenvalue weighted by molar-refractivity contribution is 5.01. The molecule has 4 nitrogen and oxygen atoms in total. The van der Waals surface area contributed by atoms with Crippen molar-refractivity contribution < 1.29 is 5.11 Å². The van der Waals surface area contributed by atoms with E-state index in [9.17, 15) is 5.11 Å². The number of aromatic nitrogens is 2. The number of aliphatic hydroxyl groups is 1. The van der Waals surface area contributed by atoms with Gasteiger partial charge in [-0.15, -0.1) is 0 Å². The third-order valence-corrected chi connectivity index (χ3v) is 3.67. The number of hydrogen-bond donors (Lipinski definition) is 1. The van der Waals surface area contributed by atoms with E-state index in [-0.39, 0.29) is 6.61 Å². The number of hydrogen-bond acceptors (Lipinski definition) is 3. The smallest absolute Gasteiger partial charge is 0.0587 e. The summed E-state index contributed by atoms with van der Waals surface area (Å²) in [6.07, 6.45) is 5.40. The van der Waals surface area contributed by atoms with Crippen molar-refractivity contribution in [3.8, 4) is 0 Å². The Balaban J connectivity index is 2.08. The van der Waals surface area contributed by atoms with Gasteiger partial charge in [-0.05, 0) is 25.8 Å². The maximum absolute atomic E-state index is 9.41. The van der Waals surface area contributed by atoms with Gasteiger partial charge in [0.1, 0.15) is 0 Å². The molecular weight excluding hydrogens is 202 g/mol. The lowest BCUT2D eigenvalue weighted by Crippen LogP contribution is -2.46. The van der Waals surface area contributed by atoms with Crippen molar-refractivity contribution in [2.75, 3.05) is 6.61 Å². The molecule has 0 radical (unpaired) electrons. The van der Waals surface area contributed by atoms with Crippen LogP contribution in [0.2, 0.25) is 0 Å². The minimum atomic E-state index is 0.266. The zero-order valence-electron chi connectivity index (χ0n) is 10.1. The molecule has 1 saturated heterocycles. The number of rotatable bonds is 3. The predicted molar refractivity (Wildman–Crippen MR) is 62.9 cm³/mol. The Morgan fingerprint density at radius 2 is 2.31 bits per heavy atom. The average molecular weight is 223 g/mol. The Morgan fingerprint density at radius 3 is 2.94 bits per heavy atom. The first-order chi connectivity index (χ1) is 7.72. The Bertz CT molecular complexity index is 337. The van der Waals surface area contributed by atoms with Gasteiger partial charge < -0.3 is 5.11 Å². The third-order valence-electron chi connectivity index (χ3n) is 3.67. The van der Waals surface area contributed by atoms with E-state index in [4.69, 9.17) is 0 Å². The van der Waals surface area contributed by atoms with Crippen LogP contribution in [0.1, 0.15) is 31.9 Å². The Morgan fingerprint density at radius 1 is 1.50 bits per heavy atom. The van der Waals surface area contributed by atoms with Gasteiger partial charge in [-0.1, -0.05) is 6.42 Å². The van der Waals surface area contributed by atoms with Crippen molar-refractivity contribution in [2.45, 2.75) is 44.8 Å². The lowest BCUT2D eigenvalue weighted by atomic mass is 9.96. The molecule has 0 saturated carbocycles. The van der Waals surface area contributed by atoms with E-state index in [1.807, 2.05) is 17.9 Å². The molecule has 2 heterocycles. The summed E-state index contributed by atoms with van der Waals surface area (Å²) < 4.78 is 1.91. The van der Waals surface area contributed by atoms with Crippen LogP contribution in [0.4, 0.5) is 0 Å². The molecule has 2 rings (SSSR count). The molecule has 1 aromatic heterocycles. The second-order valence-electron chi connectivity index (χ2n) is 4.73. The summed E-state index contributed by atoms with van der Waals surface area (Å²) >= 11 is 0. The first kappa shape index (κ1) is 11.6. The molecular formula is C12H21N3O. The van der Waals surface area contributed by atoms with Gasteiger partial charge in [0.15, 0.2) is 0 Å². The summed E-state index contributed by atoms with van der Waals surface area (Å²) in [5.41, 5.74) is 1.22. The minimum Gasteiger partial charge on any atom is -0.395 e. The standard InChI is InChI=1S/C12H21N3O/c1-10-4-3-5-12(9-16)15(10)8-11-6-7-13-14(11)2/h6-7,10,12,16H,3-5,8-9H2,1-2H3. The van der Waals surface area contributed by atoms with Crippen LogP contribution in [0, 0.1) is 0 Å². The molecule has 2 atom stereocenters. The van der Waals surface area contributed by atoms with Crippen LogP contribution >= 0.6 is 0 Å². The van der Waals surface area contributed by atoms with E-state index in [2.05, 4.69) is 23.0 Å². The topological polar surface area (TPSA) is 41.3 Å². The van der Waals surface area contributed by atoms with E-state index < -0.39 is 0 Å². The van der Waals surface area contributed by atoms with Crippen LogP contribution in [0.5, 0.6) is 0 Å². The first-order valence-corrected chi connectivity index (χ1v) is 6.06. The first-order valence-electron chi connectivity index (χ1n) is 6.06. The normalized spacial score (nSPS) is 27.2. The molecule has 1 aliphatic rings. The van der Waals surface area contributed by atoms with Gasteiger partial charge >= 0.3 is 0 Å². The van der Waals surface area contributed by atoms with E-state index in [0.717, 1.165) is 13.0 Å². The molecule has 16 heavy (non-hydrogen) atoms. The Kier molecular flexibility index (Phi) is 3.61. The zero-order chi connectivity index (χ0) is 11.5. The largest absolute Gasteiger partial charge is 0.395 e. The summed E-state index contributed by atoms with van der Waals surface area (Å²) in [5.74, 6) is 0. The van der Waals surface area contributed by atoms with Crippen molar-refractivity contribution in [1.82, 2.24) is 14.7 Å². The highest BCUT2D eigenvalue weighted by atomic mass is 16.3. The van der Waals surface area contributed by atoms with Crippen LogP contribution in [-0.4, -0.2) is 38.5 Å². The number of nitrogens with zero attached hydrogens (tertiary/aromatic N) is 3. The maximum atomic E-state index is 9.41. The second kappa shape index (κ2) is 4.97. The Labute approximate surface area is 96.9 Å². The highest BCUT2D eigenvalue weighted by Crippen LogP contribution is 2.24. The summed E-state index contributed by atoms with van der Waals surface area (Å²) in [4.78, 5) is 2.40. The van der Waals surface area contributed by atoms with Crippen LogP contribution in [0.3, 0.4) is 0 Å². The summed E-state index contributed by atoms with van der Waals surface area (Å²) in [6.45, 7) is 3.41. The quantitative estimate of drug-likeness (QED) is 0.836. The van der Waals surface area contributed by atoms with Crippen LogP contribution in [0.25, 0.3) is 0 Å². The van der Waals surface area contributed by atoms with E-state index >= 15 is 0 Å². The zero-order valence-corrected chi connectivity index (χ0v) is 10.1. The summed E-state index contributed by atoms with van der Waals surface area (Å²) in [5, 5.41) is 13.6. The van der Waals surface area contributed by atoms with Crippen LogP contribution in [-0.2, 0) is 13.6 Å². The van der Waals surface area contributed by atoms with E-state index in [1.54, 1.807) is 0 Å². The van der Waals surface area contributed by atoms with Crippen LogP contribution < -0.4 is 0 Å². The van der Waals surface area contributed by atoms with Crippen molar-refractivity contribution in [1.29, 1.82) is 0 Å². The van der Waals surface area contributed by atoms with Crippen molar-refractivity contribution >= 4 is 0 Å². The van der Waals surface area contributed by atoms with Gasteiger partial charge in [-0.3, -0.25) is 9.58 Å². The van der Waals surface area contributed by atoms with Crippen molar-refractivity contribution in [3.63, 3.8) is 0 Å². The van der Waals surface area contributed by atoms with Gasteiger partial charge in [-0.2, -0.15) is 5.10 Å². The molecule has 0 amide bonds. The third kappa shape index (κ3) is 2.28. The molecule has 1 N–H and O–H groups in total. The lowest BCUT2D eigenvalue weighted by Gasteiger charge is -2.39. The molecule has 0 spiro atoms. The van der Waals surface area contributed by atoms with Gasteiger partial charge in [0.05, 0.1) is 12.3 Å². The fourth-order valence-corrected chi connectivity index (χ4v) is 2.57. The fraction of sp³-hybridized carbons (Fsp3) is 0.750. The molecule has 1 aliphatic heterocycles. The van der Waals surface area contributed by atoms with E-state index in [0.29, 0.717) is 12.1 Å². The highest BCUT2D eigenvalue weighted by Gasteiger charge is 2.27. The molecule has 0 aromatic carbocycles. The van der Waals surface area contributed by atoms with Crippen molar-refractivity contribution in [2.24, 2.45) is 7.05 Å². The Hall–Kier alpha value is -0.870. The van der Waals surface area contributed by atoms with Gasteiger partial charge in [0, 0.05) is 31.9 Å². The predicted octanol–water partition coefficient (Wildman–Crippen LogP) is 1.16. The SMILES string of the molecule is CC1CCCC(CO)N1Cc1ccnn1C. The second-order valence-corrected chi connectivity index (χ2v) is 4.73. The van der Waals surface area contributed by atoms with Gasteiger partial charge in [-0.25, -0.2) is 0 Å². The molecule has 2 unspecified atom stereocenters. The number of aryl methyl sites for hydroxylation is 1. The molecule has 1 aromatic rings. The van der Waals surface area contributed by atoms with E-state index in [1.165, 1.54) is 18.5 Å². The number of piperidine rings is 1. The fourth-order valence-electron chi connectivity index (χ4n) is 2.57. The summed E-state index contributed by atoms with van der Waals surface area (Å²) in [7, 11) is 1.97. The monoisotopic (exact) mass is 223 g/mol. The molecule has 1 fully saturated rings. The average Bonchev–Trinajstić information content (AvgIpc) is 2.67. The minimum absolute atomic E-state index is 0.266. The van der Waals surface area contributed by atoms with Crippen LogP contribution in [0.15, 0.2) is 12.3 Å².